The molecule has 6 nitrogen and oxygen atoms in total. The van der Waals surface area contributed by atoms with E-state index >= 15 is 0 Å². The molecule has 0 bridgehead atoms. The molecule has 1 aliphatic rings. The number of aliphatic hydroxyl groups excluding tert-OH is 1. The highest BCUT2D eigenvalue weighted by Gasteiger charge is 2.50. The van der Waals surface area contributed by atoms with Crippen molar-refractivity contribution in [1.29, 1.82) is 0 Å². The molecule has 1 aromatic heterocycles. The number of hydrogen-bond acceptors (Lipinski definition) is 4. The molecule has 21 heavy (non-hydrogen) atoms. The van der Waals surface area contributed by atoms with Gasteiger partial charge in [0.15, 0.2) is 0 Å². The number of nitrogens with one attached hydrogen (secondary N) is 1. The van der Waals surface area contributed by atoms with Gasteiger partial charge in [-0.05, 0) is 36.1 Å². The van der Waals surface area contributed by atoms with Crippen LogP contribution in [0, 0.1) is 11.3 Å². The molecule has 2 aromatic rings. The van der Waals surface area contributed by atoms with Crippen molar-refractivity contribution in [3.8, 4) is 5.69 Å². The minimum Gasteiger partial charge on any atom is -0.390 e. The molecule has 3 rings (SSSR count). The van der Waals surface area contributed by atoms with E-state index in [0.29, 0.717) is 5.69 Å². The van der Waals surface area contributed by atoms with Gasteiger partial charge >= 0.3 is 0 Å². The Morgan fingerprint density at radius 2 is 2.10 bits per heavy atom. The van der Waals surface area contributed by atoms with Crippen molar-refractivity contribution >= 4 is 11.6 Å². The number of benzene rings is 1. The van der Waals surface area contributed by atoms with Gasteiger partial charge in [-0.3, -0.25) is 4.79 Å². The van der Waals surface area contributed by atoms with Crippen LogP contribution in [0.1, 0.15) is 26.0 Å². The quantitative estimate of drug-likeness (QED) is 0.897. The molecule has 0 aliphatic heterocycles. The summed E-state index contributed by atoms with van der Waals surface area (Å²) in [6.07, 6.45) is 2.61. The first-order valence-corrected chi connectivity index (χ1v) is 6.93. The third-order valence-electron chi connectivity index (χ3n) is 3.93. The molecule has 110 valence electrons. The van der Waals surface area contributed by atoms with Crippen molar-refractivity contribution in [3.63, 3.8) is 0 Å². The van der Waals surface area contributed by atoms with Crippen LogP contribution in [0.15, 0.2) is 30.5 Å². The number of carbonyl (C=O) groups excluding carboxylic acids is 1. The zero-order valence-electron chi connectivity index (χ0n) is 12.1. The third kappa shape index (κ3) is 2.80. The van der Waals surface area contributed by atoms with E-state index in [1.807, 2.05) is 24.3 Å². The van der Waals surface area contributed by atoms with E-state index in [-0.39, 0.29) is 23.8 Å². The van der Waals surface area contributed by atoms with Crippen molar-refractivity contribution in [3.05, 3.63) is 36.2 Å². The lowest BCUT2D eigenvalue weighted by Crippen LogP contribution is -2.16. The molecule has 0 spiro atoms. The van der Waals surface area contributed by atoms with Gasteiger partial charge in [-0.1, -0.05) is 19.1 Å². The average Bonchev–Trinajstić information content (AvgIpc) is 2.89. The molecule has 1 amide bonds. The number of aliphatic hydroxyl groups is 1. The summed E-state index contributed by atoms with van der Waals surface area (Å²) in [5, 5.41) is 19.7. The molecular weight excluding hydrogens is 268 g/mol. The summed E-state index contributed by atoms with van der Waals surface area (Å²) in [7, 11) is 0. The van der Waals surface area contributed by atoms with Crippen LogP contribution in [0.25, 0.3) is 5.69 Å². The summed E-state index contributed by atoms with van der Waals surface area (Å²) in [6, 6.07) is 7.37. The molecule has 2 N–H and O–H groups in total. The summed E-state index contributed by atoms with van der Waals surface area (Å²) in [5.41, 5.74) is 2.25. The standard InChI is InChI=1S/C15H18N4O2/c1-15(2)7-13(15)14(21)16-10-3-5-12(6-4-10)19-8-11(9-20)17-18-19/h3-6,8,13,20H,7,9H2,1-2H3,(H,16,21)/t13-/m1/s1. The smallest absolute Gasteiger partial charge is 0.228 e. The first kappa shape index (κ1) is 13.8. The van der Waals surface area contributed by atoms with Gasteiger partial charge in [-0.25, -0.2) is 4.68 Å². The van der Waals surface area contributed by atoms with Crippen LogP contribution in [-0.4, -0.2) is 26.0 Å². The SMILES string of the molecule is CC1(C)C[C@@H]1C(=O)Nc1ccc(-n2cc(CO)nn2)cc1. The van der Waals surface area contributed by atoms with E-state index in [1.165, 1.54) is 0 Å². The van der Waals surface area contributed by atoms with Gasteiger partial charge in [0.1, 0.15) is 5.69 Å². The topological polar surface area (TPSA) is 80.0 Å². The summed E-state index contributed by atoms with van der Waals surface area (Å²) in [4.78, 5) is 12.0. The first-order chi connectivity index (χ1) is 9.99. The first-order valence-electron chi connectivity index (χ1n) is 6.93. The molecule has 0 unspecified atom stereocenters. The summed E-state index contributed by atoms with van der Waals surface area (Å²) < 4.78 is 1.58. The average molecular weight is 286 g/mol. The minimum absolute atomic E-state index is 0.0797. The highest BCUT2D eigenvalue weighted by atomic mass is 16.3. The van der Waals surface area contributed by atoms with Crippen molar-refractivity contribution in [1.82, 2.24) is 15.0 Å². The summed E-state index contributed by atoms with van der Waals surface area (Å²) >= 11 is 0. The maximum Gasteiger partial charge on any atom is 0.228 e. The van der Waals surface area contributed by atoms with Gasteiger partial charge < -0.3 is 10.4 Å². The van der Waals surface area contributed by atoms with Gasteiger partial charge in [0.25, 0.3) is 0 Å². The van der Waals surface area contributed by atoms with Crippen LogP contribution < -0.4 is 5.32 Å². The van der Waals surface area contributed by atoms with Gasteiger partial charge in [-0.15, -0.1) is 5.10 Å². The number of anilines is 1. The molecule has 0 radical (unpaired) electrons. The molecule has 1 aliphatic carbocycles. The fraction of sp³-hybridized carbons (Fsp3) is 0.400. The second-order valence-corrected chi connectivity index (χ2v) is 6.09. The molecule has 1 heterocycles. The maximum atomic E-state index is 12.0. The molecule has 6 heteroatoms. The zero-order valence-corrected chi connectivity index (χ0v) is 12.1. The molecule has 1 aromatic carbocycles. The summed E-state index contributed by atoms with van der Waals surface area (Å²) in [5.74, 6) is 0.190. The molecule has 1 atom stereocenters. The Hall–Kier alpha value is -2.21. The Kier molecular flexibility index (Phi) is 3.25. The highest BCUT2D eigenvalue weighted by molar-refractivity contribution is 5.95. The minimum atomic E-state index is -0.134. The number of amides is 1. The Morgan fingerprint density at radius 1 is 1.43 bits per heavy atom. The van der Waals surface area contributed by atoms with Crippen LogP contribution in [0.3, 0.4) is 0 Å². The third-order valence-corrected chi connectivity index (χ3v) is 3.93. The van der Waals surface area contributed by atoms with Gasteiger partial charge in [0, 0.05) is 11.6 Å². The van der Waals surface area contributed by atoms with Crippen LogP contribution >= 0.6 is 0 Å². The van der Waals surface area contributed by atoms with E-state index in [0.717, 1.165) is 17.8 Å². The molecule has 1 fully saturated rings. The van der Waals surface area contributed by atoms with Crippen LogP contribution in [0.4, 0.5) is 5.69 Å². The Labute approximate surface area is 122 Å². The lowest BCUT2D eigenvalue weighted by Gasteiger charge is -2.07. The number of nitrogens with zero attached hydrogens (tertiary/aromatic N) is 3. The van der Waals surface area contributed by atoms with Crippen LogP contribution in [0.5, 0.6) is 0 Å². The number of rotatable bonds is 4. The van der Waals surface area contributed by atoms with E-state index in [2.05, 4.69) is 29.5 Å². The van der Waals surface area contributed by atoms with Crippen molar-refractivity contribution in [2.75, 3.05) is 5.32 Å². The second-order valence-electron chi connectivity index (χ2n) is 6.09. The second kappa shape index (κ2) is 4.96. The van der Waals surface area contributed by atoms with E-state index in [1.54, 1.807) is 10.9 Å². The summed E-state index contributed by atoms with van der Waals surface area (Å²) in [6.45, 7) is 4.07. The molecule has 1 saturated carbocycles. The van der Waals surface area contributed by atoms with Crippen molar-refractivity contribution in [2.24, 2.45) is 11.3 Å². The van der Waals surface area contributed by atoms with Crippen molar-refractivity contribution < 1.29 is 9.90 Å². The largest absolute Gasteiger partial charge is 0.390 e. The lowest BCUT2D eigenvalue weighted by atomic mass is 10.1. The maximum absolute atomic E-state index is 12.0. The molecule has 0 saturated heterocycles. The van der Waals surface area contributed by atoms with Crippen LogP contribution in [-0.2, 0) is 11.4 Å². The number of hydrogen-bond donors (Lipinski definition) is 2. The van der Waals surface area contributed by atoms with Crippen molar-refractivity contribution in [2.45, 2.75) is 26.9 Å². The Morgan fingerprint density at radius 3 is 2.62 bits per heavy atom. The van der Waals surface area contributed by atoms with E-state index in [4.69, 9.17) is 5.11 Å². The van der Waals surface area contributed by atoms with Gasteiger partial charge in [-0.2, -0.15) is 0 Å². The Balaban J connectivity index is 1.68. The molecular formula is C15H18N4O2. The van der Waals surface area contributed by atoms with Gasteiger partial charge in [0.05, 0.1) is 18.5 Å². The van der Waals surface area contributed by atoms with E-state index in [9.17, 15) is 4.79 Å². The normalized spacial score (nSPS) is 19.3. The zero-order chi connectivity index (χ0) is 15.0. The van der Waals surface area contributed by atoms with Gasteiger partial charge in [0.2, 0.25) is 5.91 Å². The fourth-order valence-electron chi connectivity index (χ4n) is 2.34. The van der Waals surface area contributed by atoms with E-state index < -0.39 is 0 Å². The van der Waals surface area contributed by atoms with Crippen LogP contribution in [0.2, 0.25) is 0 Å². The highest BCUT2D eigenvalue weighted by Crippen LogP contribution is 2.51. The number of aromatic nitrogens is 3. The lowest BCUT2D eigenvalue weighted by molar-refractivity contribution is -0.118. The Bertz CT molecular complexity index is 661. The monoisotopic (exact) mass is 286 g/mol. The predicted molar refractivity (Wildman–Crippen MR) is 77.8 cm³/mol. The fourth-order valence-corrected chi connectivity index (χ4v) is 2.34. The number of carbonyl (C=O) groups is 1. The predicted octanol–water partition coefficient (Wildman–Crippen LogP) is 1.74.